The highest BCUT2D eigenvalue weighted by Gasteiger charge is 2.47. The lowest BCUT2D eigenvalue weighted by Crippen LogP contribution is -2.22. The van der Waals surface area contributed by atoms with Crippen molar-refractivity contribution in [2.45, 2.75) is 50.6 Å². The van der Waals surface area contributed by atoms with E-state index < -0.39 is 5.79 Å². The number of fused-ring (bicyclic) bond motifs is 1. The first kappa shape index (κ1) is 13.4. The van der Waals surface area contributed by atoms with Gasteiger partial charge >= 0.3 is 0 Å². The van der Waals surface area contributed by atoms with Crippen molar-refractivity contribution in [2.75, 3.05) is 7.11 Å². The first-order valence-electron chi connectivity index (χ1n) is 6.67. The zero-order chi connectivity index (χ0) is 13.6. The van der Waals surface area contributed by atoms with E-state index in [2.05, 4.69) is 28.1 Å². The van der Waals surface area contributed by atoms with E-state index in [1.54, 1.807) is 7.11 Å². The maximum atomic E-state index is 5.94. The van der Waals surface area contributed by atoms with Crippen molar-refractivity contribution in [3.05, 3.63) is 28.2 Å². The number of ether oxygens (including phenoxy) is 3. The van der Waals surface area contributed by atoms with Crippen LogP contribution in [0.4, 0.5) is 0 Å². The summed E-state index contributed by atoms with van der Waals surface area (Å²) in [7, 11) is 1.68. The van der Waals surface area contributed by atoms with Gasteiger partial charge in [-0.3, -0.25) is 0 Å². The van der Waals surface area contributed by atoms with E-state index >= 15 is 0 Å². The van der Waals surface area contributed by atoms with Crippen LogP contribution in [-0.4, -0.2) is 25.1 Å². The molecule has 1 aliphatic carbocycles. The van der Waals surface area contributed by atoms with Gasteiger partial charge in [0.25, 0.3) is 0 Å². The maximum Gasteiger partial charge on any atom is 0.163 e. The van der Waals surface area contributed by atoms with Crippen LogP contribution >= 0.6 is 15.9 Å². The van der Waals surface area contributed by atoms with Crippen LogP contribution in [-0.2, 0) is 9.47 Å². The van der Waals surface area contributed by atoms with Gasteiger partial charge in [0.1, 0.15) is 5.75 Å². The van der Waals surface area contributed by atoms with Crippen molar-refractivity contribution in [1.82, 2.24) is 0 Å². The summed E-state index contributed by atoms with van der Waals surface area (Å²) >= 11 is 3.55. The normalized spacial score (nSPS) is 32.3. The van der Waals surface area contributed by atoms with Crippen LogP contribution in [0.2, 0.25) is 0 Å². The summed E-state index contributed by atoms with van der Waals surface area (Å²) in [5, 5.41) is 0. The van der Waals surface area contributed by atoms with Crippen molar-refractivity contribution < 1.29 is 14.2 Å². The molecule has 0 radical (unpaired) electrons. The Hall–Kier alpha value is -0.580. The van der Waals surface area contributed by atoms with Gasteiger partial charge in [-0.05, 0) is 66.2 Å². The molecule has 1 heterocycles. The topological polar surface area (TPSA) is 27.7 Å². The van der Waals surface area contributed by atoms with Crippen LogP contribution in [0.3, 0.4) is 0 Å². The van der Waals surface area contributed by atoms with Gasteiger partial charge in [0.05, 0.1) is 23.8 Å². The molecule has 0 amide bonds. The Bertz CT molecular complexity index is 470. The van der Waals surface area contributed by atoms with Crippen molar-refractivity contribution in [3.8, 4) is 5.75 Å². The summed E-state index contributed by atoms with van der Waals surface area (Å²) in [4.78, 5) is 0. The molecule has 0 bridgehead atoms. The van der Waals surface area contributed by atoms with Crippen LogP contribution < -0.4 is 4.74 Å². The van der Waals surface area contributed by atoms with Crippen LogP contribution in [0.1, 0.15) is 38.2 Å². The summed E-state index contributed by atoms with van der Waals surface area (Å²) in [5.41, 5.74) is 1.33. The first-order chi connectivity index (χ1) is 8.98. The lowest BCUT2D eigenvalue weighted by molar-refractivity contribution is -0.152. The van der Waals surface area contributed by atoms with Gasteiger partial charge < -0.3 is 14.2 Å². The molecule has 4 heteroatoms. The lowest BCUT2D eigenvalue weighted by atomic mass is 9.97. The van der Waals surface area contributed by atoms with Crippen molar-refractivity contribution in [3.63, 3.8) is 0 Å². The maximum absolute atomic E-state index is 5.94. The molecule has 3 nitrogen and oxygen atoms in total. The fourth-order valence-corrected chi connectivity index (χ4v) is 3.73. The molecule has 0 aromatic heterocycles. The summed E-state index contributed by atoms with van der Waals surface area (Å²) in [6.07, 6.45) is 2.54. The Balaban J connectivity index is 1.74. The minimum absolute atomic E-state index is 0.237. The molecule has 1 saturated carbocycles. The fourth-order valence-electron chi connectivity index (χ4n) is 3.17. The molecule has 0 N–H and O–H groups in total. The van der Waals surface area contributed by atoms with Crippen LogP contribution in [0, 0.1) is 0 Å². The van der Waals surface area contributed by atoms with Crippen molar-refractivity contribution in [2.24, 2.45) is 0 Å². The number of hydrogen-bond acceptors (Lipinski definition) is 3. The van der Waals surface area contributed by atoms with Crippen molar-refractivity contribution in [1.29, 1.82) is 0 Å². The second kappa shape index (κ2) is 4.76. The average Bonchev–Trinajstić information content (AvgIpc) is 2.82. The van der Waals surface area contributed by atoms with Crippen LogP contribution in [0.25, 0.3) is 0 Å². The Morgan fingerprint density at radius 1 is 1.21 bits per heavy atom. The molecule has 0 spiro atoms. The highest BCUT2D eigenvalue weighted by atomic mass is 79.9. The minimum atomic E-state index is -0.416. The van der Waals surface area contributed by atoms with E-state index in [9.17, 15) is 0 Å². The number of benzene rings is 1. The molecule has 1 saturated heterocycles. The number of halogens is 1. The summed E-state index contributed by atoms with van der Waals surface area (Å²) in [5.74, 6) is 0.963. The third kappa shape index (κ3) is 2.54. The number of hydrogen-bond donors (Lipinski definition) is 0. The Morgan fingerprint density at radius 2 is 1.84 bits per heavy atom. The lowest BCUT2D eigenvalue weighted by Gasteiger charge is -2.21. The predicted molar refractivity (Wildman–Crippen MR) is 76.5 cm³/mol. The summed E-state index contributed by atoms with van der Waals surface area (Å²) in [6, 6.07) is 6.30. The second-order valence-corrected chi connectivity index (χ2v) is 6.63. The van der Waals surface area contributed by atoms with Gasteiger partial charge in [-0.25, -0.2) is 0 Å². The van der Waals surface area contributed by atoms with E-state index in [-0.39, 0.29) is 12.2 Å². The highest BCUT2D eigenvalue weighted by Crippen LogP contribution is 2.45. The zero-order valence-corrected chi connectivity index (χ0v) is 13.1. The Kier molecular flexibility index (Phi) is 3.36. The Morgan fingerprint density at radius 3 is 2.37 bits per heavy atom. The van der Waals surface area contributed by atoms with Gasteiger partial charge in [0.2, 0.25) is 0 Å². The quantitative estimate of drug-likeness (QED) is 0.826. The third-order valence-corrected chi connectivity index (χ3v) is 4.59. The SMILES string of the molecule is COc1ccc(C2C[C@@H]3OC(C)(C)O[C@@H]3C2)cc1Br. The van der Waals surface area contributed by atoms with E-state index in [4.69, 9.17) is 14.2 Å². The molecular weight excluding hydrogens is 308 g/mol. The molecule has 3 atom stereocenters. The third-order valence-electron chi connectivity index (χ3n) is 3.97. The second-order valence-electron chi connectivity index (χ2n) is 5.77. The predicted octanol–water partition coefficient (Wildman–Crippen LogP) is 3.86. The van der Waals surface area contributed by atoms with Gasteiger partial charge in [0.15, 0.2) is 5.79 Å². The molecule has 1 aromatic carbocycles. The molecule has 2 fully saturated rings. The largest absolute Gasteiger partial charge is 0.496 e. The monoisotopic (exact) mass is 326 g/mol. The molecule has 104 valence electrons. The highest BCUT2D eigenvalue weighted by molar-refractivity contribution is 9.10. The van der Waals surface area contributed by atoms with Gasteiger partial charge in [-0.15, -0.1) is 0 Å². The summed E-state index contributed by atoms with van der Waals surface area (Å²) < 4.78 is 18.2. The molecule has 1 aliphatic heterocycles. The molecule has 1 aromatic rings. The van der Waals surface area contributed by atoms with E-state index in [0.29, 0.717) is 5.92 Å². The van der Waals surface area contributed by atoms with Gasteiger partial charge in [-0.1, -0.05) is 6.07 Å². The van der Waals surface area contributed by atoms with Gasteiger partial charge in [0, 0.05) is 0 Å². The van der Waals surface area contributed by atoms with E-state index in [1.165, 1.54) is 5.56 Å². The van der Waals surface area contributed by atoms with Crippen molar-refractivity contribution >= 4 is 15.9 Å². The number of rotatable bonds is 2. The fraction of sp³-hybridized carbons (Fsp3) is 0.600. The standard InChI is InChI=1S/C15H19BrO3/c1-15(2)18-13-7-10(8-14(13)19-15)9-4-5-12(17-3)11(16)6-9/h4-6,10,13-14H,7-8H2,1-3H3/t10?,13-,14+. The first-order valence-corrected chi connectivity index (χ1v) is 7.47. The average molecular weight is 327 g/mol. The zero-order valence-electron chi connectivity index (χ0n) is 11.5. The minimum Gasteiger partial charge on any atom is -0.496 e. The van der Waals surface area contributed by atoms with Gasteiger partial charge in [-0.2, -0.15) is 0 Å². The van der Waals surface area contributed by atoms with Crippen LogP contribution in [0.5, 0.6) is 5.75 Å². The van der Waals surface area contributed by atoms with Crippen LogP contribution in [0.15, 0.2) is 22.7 Å². The summed E-state index contributed by atoms with van der Waals surface area (Å²) in [6.45, 7) is 3.98. The molecule has 19 heavy (non-hydrogen) atoms. The smallest absolute Gasteiger partial charge is 0.163 e. The van der Waals surface area contributed by atoms with E-state index in [1.807, 2.05) is 19.9 Å². The molecular formula is C15H19BrO3. The number of methoxy groups -OCH3 is 1. The molecule has 2 aliphatic rings. The Labute approximate surface area is 122 Å². The van der Waals surface area contributed by atoms with E-state index in [0.717, 1.165) is 23.1 Å². The molecule has 1 unspecified atom stereocenters. The molecule has 3 rings (SSSR count).